The van der Waals surface area contributed by atoms with Crippen LogP contribution in [0.3, 0.4) is 0 Å². The number of pyridine rings is 1. The normalized spacial score (nSPS) is 14.7. The number of aromatic nitrogens is 1. The summed E-state index contributed by atoms with van der Waals surface area (Å²) in [6.45, 7) is 2.40. The van der Waals surface area contributed by atoms with Crippen LogP contribution in [0.4, 0.5) is 11.5 Å². The molecule has 0 radical (unpaired) electrons. The van der Waals surface area contributed by atoms with Crippen LogP contribution in [0.2, 0.25) is 0 Å². The lowest BCUT2D eigenvalue weighted by Crippen LogP contribution is -2.52. The Morgan fingerprint density at radius 2 is 1.91 bits per heavy atom. The summed E-state index contributed by atoms with van der Waals surface area (Å²) in [5, 5.41) is 17.0. The summed E-state index contributed by atoms with van der Waals surface area (Å²) in [7, 11) is 3.08. The molecule has 1 saturated heterocycles. The van der Waals surface area contributed by atoms with Crippen LogP contribution in [0.1, 0.15) is 25.3 Å². The van der Waals surface area contributed by atoms with E-state index in [-0.39, 0.29) is 30.0 Å². The smallest absolute Gasteiger partial charge is 0.311 e. The third kappa shape index (κ3) is 6.12. The van der Waals surface area contributed by atoms with Crippen LogP contribution in [0.15, 0.2) is 36.5 Å². The van der Waals surface area contributed by atoms with E-state index < -0.39 is 11.0 Å². The number of hydrogen-bond donors (Lipinski definition) is 2. The number of hydrogen-bond acceptors (Lipinski definition) is 8. The first-order valence-corrected chi connectivity index (χ1v) is 10.9. The minimum Gasteiger partial charge on any atom is -0.493 e. The molecule has 1 aromatic heterocycles. The molecule has 182 valence electrons. The molecule has 0 bridgehead atoms. The minimum absolute atomic E-state index is 0.0365. The number of carbonyl (C=O) groups is 2. The lowest BCUT2D eigenvalue weighted by molar-refractivity contribution is -0.384. The lowest BCUT2D eigenvalue weighted by atomic mass is 10.0. The molecule has 0 spiro atoms. The van der Waals surface area contributed by atoms with Crippen LogP contribution in [-0.4, -0.2) is 61.1 Å². The van der Waals surface area contributed by atoms with E-state index in [1.54, 1.807) is 19.2 Å². The van der Waals surface area contributed by atoms with Crippen molar-refractivity contribution in [2.45, 2.75) is 38.3 Å². The molecule has 0 saturated carbocycles. The number of rotatable bonds is 9. The topological polar surface area (TPSA) is 136 Å². The van der Waals surface area contributed by atoms with Crippen molar-refractivity contribution in [3.63, 3.8) is 0 Å². The number of piperidine rings is 1. The zero-order chi connectivity index (χ0) is 24.7. The van der Waals surface area contributed by atoms with Gasteiger partial charge in [-0.1, -0.05) is 6.07 Å². The molecule has 2 heterocycles. The highest BCUT2D eigenvalue weighted by Crippen LogP contribution is 2.29. The van der Waals surface area contributed by atoms with Gasteiger partial charge in [0.2, 0.25) is 17.6 Å². The number of nitrogens with zero attached hydrogens (tertiary/aromatic N) is 3. The Labute approximate surface area is 197 Å². The second-order valence-electron chi connectivity index (χ2n) is 8.02. The predicted molar refractivity (Wildman–Crippen MR) is 125 cm³/mol. The van der Waals surface area contributed by atoms with Crippen LogP contribution in [0, 0.1) is 10.1 Å². The van der Waals surface area contributed by atoms with E-state index in [0.29, 0.717) is 43.2 Å². The number of nitro groups is 1. The average molecular weight is 472 g/mol. The van der Waals surface area contributed by atoms with Crippen molar-refractivity contribution in [1.82, 2.24) is 15.6 Å². The van der Waals surface area contributed by atoms with E-state index in [1.165, 1.54) is 32.4 Å². The number of methoxy groups -OCH3 is 2. The first-order valence-electron chi connectivity index (χ1n) is 10.9. The van der Waals surface area contributed by atoms with Gasteiger partial charge in [-0.3, -0.25) is 19.7 Å². The zero-order valence-electron chi connectivity index (χ0n) is 19.4. The molecule has 1 aromatic carbocycles. The molecule has 2 aromatic rings. The van der Waals surface area contributed by atoms with E-state index in [2.05, 4.69) is 15.6 Å². The summed E-state index contributed by atoms with van der Waals surface area (Å²) >= 11 is 0. The summed E-state index contributed by atoms with van der Waals surface area (Å²) in [5.41, 5.74) is 0.773. The number of nitrogens with one attached hydrogen (secondary N) is 2. The molecular weight excluding hydrogens is 442 g/mol. The quantitative estimate of drug-likeness (QED) is 0.418. The highest BCUT2D eigenvalue weighted by molar-refractivity contribution is 5.87. The number of amides is 2. The van der Waals surface area contributed by atoms with Gasteiger partial charge in [-0.05, 0) is 36.6 Å². The summed E-state index contributed by atoms with van der Waals surface area (Å²) < 4.78 is 10.6. The maximum Gasteiger partial charge on any atom is 0.311 e. The van der Waals surface area contributed by atoms with Gasteiger partial charge in [-0.2, -0.15) is 0 Å². The standard InChI is InChI=1S/C23H29N5O6/c1-15(29)25-18(13-16-6-7-20(33-2)21(14-16)34-3)23(30)26-17-8-11-27(12-9-17)22-19(28(31)32)5-4-10-24-22/h4-7,10,14,17-18H,8-9,11-13H2,1-3H3,(H,25,29)(H,26,30). The molecule has 1 aliphatic rings. The number of carbonyl (C=O) groups excluding carboxylic acids is 2. The molecule has 11 nitrogen and oxygen atoms in total. The molecule has 2 N–H and O–H groups in total. The van der Waals surface area contributed by atoms with Gasteiger partial charge in [0.15, 0.2) is 11.5 Å². The van der Waals surface area contributed by atoms with E-state index in [0.717, 1.165) is 5.56 Å². The first-order chi connectivity index (χ1) is 16.3. The molecular formula is C23H29N5O6. The Hall–Kier alpha value is -3.89. The fourth-order valence-corrected chi connectivity index (χ4v) is 4.01. The fraction of sp³-hybridized carbons (Fsp3) is 0.435. The van der Waals surface area contributed by atoms with Crippen LogP contribution in [0.25, 0.3) is 0 Å². The van der Waals surface area contributed by atoms with Crippen molar-refractivity contribution in [3.05, 3.63) is 52.2 Å². The molecule has 0 aliphatic carbocycles. The molecule has 3 rings (SSSR count). The van der Waals surface area contributed by atoms with E-state index in [1.807, 2.05) is 11.0 Å². The van der Waals surface area contributed by atoms with Crippen molar-refractivity contribution in [1.29, 1.82) is 0 Å². The molecule has 1 atom stereocenters. The van der Waals surface area contributed by atoms with Crippen LogP contribution in [-0.2, 0) is 16.0 Å². The van der Waals surface area contributed by atoms with Crippen LogP contribution < -0.4 is 25.0 Å². The van der Waals surface area contributed by atoms with Crippen molar-refractivity contribution >= 4 is 23.3 Å². The Morgan fingerprint density at radius 1 is 1.21 bits per heavy atom. The van der Waals surface area contributed by atoms with Crippen molar-refractivity contribution in [2.75, 3.05) is 32.2 Å². The van der Waals surface area contributed by atoms with Gasteiger partial charge in [0.25, 0.3) is 0 Å². The van der Waals surface area contributed by atoms with E-state index in [9.17, 15) is 19.7 Å². The van der Waals surface area contributed by atoms with Crippen molar-refractivity contribution < 1.29 is 24.0 Å². The highest BCUT2D eigenvalue weighted by Gasteiger charge is 2.28. The third-order valence-corrected chi connectivity index (χ3v) is 5.69. The summed E-state index contributed by atoms with van der Waals surface area (Å²) in [6, 6.07) is 7.45. The van der Waals surface area contributed by atoms with Gasteiger partial charge < -0.3 is 25.0 Å². The summed E-state index contributed by atoms with van der Waals surface area (Å²) in [4.78, 5) is 41.7. The number of benzene rings is 1. The van der Waals surface area contributed by atoms with Gasteiger partial charge >= 0.3 is 5.69 Å². The molecule has 1 aliphatic heterocycles. The van der Waals surface area contributed by atoms with Crippen molar-refractivity contribution in [2.24, 2.45) is 0 Å². The summed E-state index contributed by atoms with van der Waals surface area (Å²) in [5.74, 6) is 0.858. The Balaban J connectivity index is 1.63. The maximum absolute atomic E-state index is 13.0. The first kappa shape index (κ1) is 24.7. The molecule has 34 heavy (non-hydrogen) atoms. The molecule has 11 heteroatoms. The average Bonchev–Trinajstić information content (AvgIpc) is 2.83. The largest absolute Gasteiger partial charge is 0.493 e. The monoisotopic (exact) mass is 471 g/mol. The minimum atomic E-state index is -0.759. The number of ether oxygens (including phenoxy) is 2. The lowest BCUT2D eigenvalue weighted by Gasteiger charge is -2.33. The zero-order valence-corrected chi connectivity index (χ0v) is 19.4. The predicted octanol–water partition coefficient (Wildman–Crippen LogP) is 1.84. The second-order valence-corrected chi connectivity index (χ2v) is 8.02. The Morgan fingerprint density at radius 3 is 2.53 bits per heavy atom. The molecule has 2 amide bonds. The van der Waals surface area contributed by atoms with Gasteiger partial charge in [0.1, 0.15) is 6.04 Å². The SMILES string of the molecule is COc1ccc(CC(NC(C)=O)C(=O)NC2CCN(c3ncccc3[N+](=O)[O-])CC2)cc1OC. The van der Waals surface area contributed by atoms with E-state index in [4.69, 9.17) is 9.47 Å². The third-order valence-electron chi connectivity index (χ3n) is 5.69. The van der Waals surface area contributed by atoms with Gasteiger partial charge in [-0.15, -0.1) is 0 Å². The highest BCUT2D eigenvalue weighted by atomic mass is 16.6. The molecule has 1 fully saturated rings. The molecule has 1 unspecified atom stereocenters. The Bertz CT molecular complexity index is 1040. The number of anilines is 1. The van der Waals surface area contributed by atoms with Gasteiger partial charge in [-0.25, -0.2) is 4.98 Å². The van der Waals surface area contributed by atoms with Gasteiger partial charge in [0.05, 0.1) is 19.1 Å². The van der Waals surface area contributed by atoms with Crippen molar-refractivity contribution in [3.8, 4) is 11.5 Å². The fourth-order valence-electron chi connectivity index (χ4n) is 4.01. The Kier molecular flexibility index (Phi) is 8.23. The maximum atomic E-state index is 13.0. The second kappa shape index (κ2) is 11.3. The summed E-state index contributed by atoms with van der Waals surface area (Å²) in [6.07, 6.45) is 3.01. The van der Waals surface area contributed by atoms with Gasteiger partial charge in [0, 0.05) is 44.7 Å². The van der Waals surface area contributed by atoms with E-state index >= 15 is 0 Å². The van der Waals surface area contributed by atoms with Crippen LogP contribution >= 0.6 is 0 Å². The van der Waals surface area contributed by atoms with Crippen LogP contribution in [0.5, 0.6) is 11.5 Å².